The second-order valence-corrected chi connectivity index (χ2v) is 6.65. The minimum atomic E-state index is 0.190. The van der Waals surface area contributed by atoms with Gasteiger partial charge in [0.1, 0.15) is 3.82 Å². The first-order chi connectivity index (χ1) is 4.93. The van der Waals surface area contributed by atoms with Crippen LogP contribution in [0.2, 0.25) is 0 Å². The molecule has 0 spiro atoms. The smallest absolute Gasteiger partial charge is 0.115 e. The number of thiol groups is 1. The molecule has 4 heteroatoms. The molecule has 0 aromatic carbocycles. The van der Waals surface area contributed by atoms with Crippen molar-refractivity contribution in [1.29, 1.82) is 0 Å². The van der Waals surface area contributed by atoms with Crippen LogP contribution in [0, 0.1) is 3.82 Å². The lowest BCUT2D eigenvalue weighted by Gasteiger charge is -2.15. The van der Waals surface area contributed by atoms with Crippen LogP contribution in [0.3, 0.4) is 0 Å². The summed E-state index contributed by atoms with van der Waals surface area (Å²) >= 11 is 9.47. The SMILES string of the molecule is CC(C)(C)c1ssc(=S)c1S. The standard InChI is InChI=1S/C7H10S4/c1-7(2,3)5-4(8)6(9)11-10-5/h8H,1-3H3. The van der Waals surface area contributed by atoms with Crippen LogP contribution in [0.25, 0.3) is 0 Å². The third-order valence-electron chi connectivity index (χ3n) is 1.29. The molecule has 0 aliphatic heterocycles. The molecule has 0 amide bonds. The Bertz CT molecular complexity index is 299. The summed E-state index contributed by atoms with van der Waals surface area (Å²) in [6, 6.07) is 0. The summed E-state index contributed by atoms with van der Waals surface area (Å²) in [6.07, 6.45) is 0. The van der Waals surface area contributed by atoms with Gasteiger partial charge in [-0.05, 0) is 5.41 Å². The van der Waals surface area contributed by atoms with E-state index in [9.17, 15) is 0 Å². The van der Waals surface area contributed by atoms with Gasteiger partial charge in [-0.25, -0.2) is 0 Å². The first-order valence-electron chi connectivity index (χ1n) is 3.25. The van der Waals surface area contributed by atoms with Crippen LogP contribution in [0.4, 0.5) is 0 Å². The highest BCUT2D eigenvalue weighted by Gasteiger charge is 2.19. The van der Waals surface area contributed by atoms with E-state index in [2.05, 4.69) is 33.4 Å². The first-order valence-corrected chi connectivity index (χ1v) is 6.26. The van der Waals surface area contributed by atoms with Gasteiger partial charge in [0.25, 0.3) is 0 Å². The van der Waals surface area contributed by atoms with Crippen LogP contribution in [0.15, 0.2) is 4.90 Å². The molecule has 1 heterocycles. The van der Waals surface area contributed by atoms with Gasteiger partial charge in [-0.2, -0.15) is 0 Å². The second kappa shape index (κ2) is 3.17. The van der Waals surface area contributed by atoms with Gasteiger partial charge >= 0.3 is 0 Å². The summed E-state index contributed by atoms with van der Waals surface area (Å²) in [7, 11) is 3.38. The predicted octanol–water partition coefficient (Wildman–Crippen LogP) is 4.13. The summed E-state index contributed by atoms with van der Waals surface area (Å²) in [5, 5.41) is 0. The van der Waals surface area contributed by atoms with Gasteiger partial charge in [-0.15, -0.1) is 12.6 Å². The van der Waals surface area contributed by atoms with Gasteiger partial charge in [0, 0.05) is 9.77 Å². The Kier molecular flexibility index (Phi) is 2.79. The van der Waals surface area contributed by atoms with Crippen molar-refractivity contribution in [1.82, 2.24) is 0 Å². The molecule has 0 radical (unpaired) electrons. The van der Waals surface area contributed by atoms with Crippen LogP contribution in [0.1, 0.15) is 25.6 Å². The van der Waals surface area contributed by atoms with Crippen molar-refractivity contribution < 1.29 is 0 Å². The Hall–Kier alpha value is 0.620. The van der Waals surface area contributed by atoms with Crippen molar-refractivity contribution in [2.24, 2.45) is 0 Å². The molecule has 0 unspecified atom stereocenters. The van der Waals surface area contributed by atoms with E-state index in [0.717, 1.165) is 8.72 Å². The minimum Gasteiger partial charge on any atom is -0.140 e. The molecular formula is C7H10S4. The summed E-state index contributed by atoms with van der Waals surface area (Å²) in [5.74, 6) is 0. The van der Waals surface area contributed by atoms with Crippen molar-refractivity contribution in [2.45, 2.75) is 31.1 Å². The molecule has 1 aromatic rings. The van der Waals surface area contributed by atoms with Gasteiger partial charge in [0.2, 0.25) is 0 Å². The maximum Gasteiger partial charge on any atom is 0.115 e. The van der Waals surface area contributed by atoms with E-state index < -0.39 is 0 Å². The maximum absolute atomic E-state index is 5.10. The van der Waals surface area contributed by atoms with Crippen LogP contribution >= 0.6 is 45.5 Å². The molecule has 0 aliphatic rings. The largest absolute Gasteiger partial charge is 0.140 e. The Labute approximate surface area is 85.1 Å². The second-order valence-electron chi connectivity index (χ2n) is 3.38. The summed E-state index contributed by atoms with van der Waals surface area (Å²) in [6.45, 7) is 6.54. The zero-order valence-corrected chi connectivity index (χ0v) is 10.0. The van der Waals surface area contributed by atoms with E-state index in [1.165, 1.54) is 4.88 Å². The summed E-state index contributed by atoms with van der Waals surface area (Å²) in [4.78, 5) is 2.30. The molecule has 0 bridgehead atoms. The third-order valence-corrected chi connectivity index (χ3v) is 5.63. The average Bonchev–Trinajstić information content (AvgIpc) is 2.11. The molecule has 0 aliphatic carbocycles. The van der Waals surface area contributed by atoms with E-state index in [-0.39, 0.29) is 5.41 Å². The average molecular weight is 222 g/mol. The molecule has 62 valence electrons. The number of hydrogen-bond acceptors (Lipinski definition) is 4. The van der Waals surface area contributed by atoms with E-state index in [0.29, 0.717) is 0 Å². The van der Waals surface area contributed by atoms with Gasteiger partial charge in [-0.3, -0.25) is 0 Å². The molecule has 1 rings (SSSR count). The monoisotopic (exact) mass is 222 g/mol. The Morgan fingerprint density at radius 3 is 2.00 bits per heavy atom. The van der Waals surface area contributed by atoms with Crippen LogP contribution < -0.4 is 0 Å². The van der Waals surface area contributed by atoms with Crippen LogP contribution in [-0.2, 0) is 5.41 Å². The van der Waals surface area contributed by atoms with E-state index >= 15 is 0 Å². The Morgan fingerprint density at radius 2 is 1.82 bits per heavy atom. The van der Waals surface area contributed by atoms with Gasteiger partial charge in [0.15, 0.2) is 0 Å². The lowest BCUT2D eigenvalue weighted by molar-refractivity contribution is 0.593. The molecule has 1 aromatic heterocycles. The fourth-order valence-electron chi connectivity index (χ4n) is 0.731. The molecule has 0 atom stereocenters. The minimum absolute atomic E-state index is 0.190. The molecule has 0 nitrogen and oxygen atoms in total. The van der Waals surface area contributed by atoms with Crippen molar-refractivity contribution in [3.05, 3.63) is 8.70 Å². The Morgan fingerprint density at radius 1 is 1.27 bits per heavy atom. The molecular weight excluding hydrogens is 212 g/mol. The maximum atomic E-state index is 5.10. The first kappa shape index (κ1) is 9.71. The fraction of sp³-hybridized carbons (Fsp3) is 0.571. The normalized spacial score (nSPS) is 12.0. The summed E-state index contributed by atoms with van der Waals surface area (Å²) < 4.78 is 0.920. The van der Waals surface area contributed by atoms with Crippen LogP contribution in [-0.4, -0.2) is 0 Å². The van der Waals surface area contributed by atoms with Crippen molar-refractivity contribution in [2.75, 3.05) is 0 Å². The predicted molar refractivity (Wildman–Crippen MR) is 59.0 cm³/mol. The highest BCUT2D eigenvalue weighted by atomic mass is 32.9. The fourth-order valence-corrected chi connectivity index (χ4v) is 4.75. The van der Waals surface area contributed by atoms with Gasteiger partial charge < -0.3 is 0 Å². The van der Waals surface area contributed by atoms with E-state index in [1.54, 1.807) is 20.7 Å². The van der Waals surface area contributed by atoms with Crippen molar-refractivity contribution in [3.63, 3.8) is 0 Å². The van der Waals surface area contributed by atoms with Gasteiger partial charge in [0.05, 0.1) is 0 Å². The molecule has 0 N–H and O–H groups in total. The zero-order valence-electron chi connectivity index (χ0n) is 6.67. The quantitative estimate of drug-likeness (QED) is 0.391. The van der Waals surface area contributed by atoms with E-state index in [4.69, 9.17) is 12.2 Å². The van der Waals surface area contributed by atoms with Crippen molar-refractivity contribution in [3.8, 4) is 0 Å². The topological polar surface area (TPSA) is 0 Å². The molecule has 11 heavy (non-hydrogen) atoms. The zero-order chi connectivity index (χ0) is 8.65. The highest BCUT2D eigenvalue weighted by Crippen LogP contribution is 2.36. The number of hydrogen-bond donors (Lipinski definition) is 1. The van der Waals surface area contributed by atoms with Crippen LogP contribution in [0.5, 0.6) is 0 Å². The lowest BCUT2D eigenvalue weighted by atomic mass is 9.95. The number of rotatable bonds is 0. The van der Waals surface area contributed by atoms with E-state index in [1.807, 2.05) is 0 Å². The lowest BCUT2D eigenvalue weighted by Crippen LogP contribution is -2.09. The Balaban J connectivity index is 3.26. The molecule has 0 fully saturated rings. The third kappa shape index (κ3) is 2.05. The van der Waals surface area contributed by atoms with Crippen molar-refractivity contribution >= 4 is 45.5 Å². The summed E-state index contributed by atoms with van der Waals surface area (Å²) in [5.41, 5.74) is 0.190. The highest BCUT2D eigenvalue weighted by molar-refractivity contribution is 7.84. The molecule has 0 saturated heterocycles. The molecule has 0 saturated carbocycles. The van der Waals surface area contributed by atoms with Gasteiger partial charge in [-0.1, -0.05) is 53.7 Å².